The molecule has 1 aliphatic carbocycles. The molecule has 0 aromatic rings. The first-order valence-electron chi connectivity index (χ1n) is 7.53. The van der Waals surface area contributed by atoms with Gasteiger partial charge in [0.2, 0.25) is 0 Å². The van der Waals surface area contributed by atoms with Crippen LogP contribution in [-0.2, 0) is 0 Å². The second-order valence-corrected chi connectivity index (χ2v) is 5.74. The van der Waals surface area contributed by atoms with Crippen LogP contribution in [0.5, 0.6) is 0 Å². The maximum atomic E-state index is 6.25. The van der Waals surface area contributed by atoms with Crippen molar-refractivity contribution in [1.29, 1.82) is 0 Å². The molecule has 0 aromatic heterocycles. The summed E-state index contributed by atoms with van der Waals surface area (Å²) in [7, 11) is 0. The summed E-state index contributed by atoms with van der Waals surface area (Å²) in [6.45, 7) is 4.59. The van der Waals surface area contributed by atoms with Crippen molar-refractivity contribution < 1.29 is 0 Å². The quantitative estimate of drug-likeness (QED) is 0.634. The van der Waals surface area contributed by atoms with Crippen LogP contribution in [0.25, 0.3) is 0 Å². The van der Waals surface area contributed by atoms with Gasteiger partial charge >= 0.3 is 0 Å². The van der Waals surface area contributed by atoms with E-state index in [1.165, 1.54) is 64.2 Å². The number of unbranched alkanes of at least 4 members (excludes halogenated alkanes) is 3. The van der Waals surface area contributed by atoms with Crippen molar-refractivity contribution in [3.05, 3.63) is 0 Å². The van der Waals surface area contributed by atoms with Gasteiger partial charge in [-0.15, -0.1) is 0 Å². The molecule has 0 aliphatic heterocycles. The third kappa shape index (κ3) is 4.86. The lowest BCUT2D eigenvalue weighted by Gasteiger charge is -2.34. The molecule has 1 heteroatoms. The van der Waals surface area contributed by atoms with E-state index in [0.717, 1.165) is 11.8 Å². The zero-order valence-corrected chi connectivity index (χ0v) is 11.4. The van der Waals surface area contributed by atoms with Gasteiger partial charge in [-0.25, -0.2) is 0 Å². The molecule has 1 nitrogen and oxygen atoms in total. The van der Waals surface area contributed by atoms with Crippen molar-refractivity contribution in [2.75, 3.05) is 0 Å². The molecule has 1 aliphatic rings. The summed E-state index contributed by atoms with van der Waals surface area (Å²) in [5, 5.41) is 0. The molecule has 0 bridgehead atoms. The minimum absolute atomic E-state index is 0.509. The second-order valence-electron chi connectivity index (χ2n) is 5.74. The Hall–Kier alpha value is -0.0400. The molecule has 1 saturated carbocycles. The van der Waals surface area contributed by atoms with Crippen LogP contribution in [0.3, 0.4) is 0 Å². The molecule has 16 heavy (non-hydrogen) atoms. The Morgan fingerprint density at radius 2 is 1.75 bits per heavy atom. The van der Waals surface area contributed by atoms with Crippen LogP contribution >= 0.6 is 0 Å². The first kappa shape index (κ1) is 14.0. The van der Waals surface area contributed by atoms with Gasteiger partial charge in [0.25, 0.3) is 0 Å². The van der Waals surface area contributed by atoms with Crippen LogP contribution in [0.15, 0.2) is 0 Å². The lowest BCUT2D eigenvalue weighted by atomic mass is 9.75. The van der Waals surface area contributed by atoms with Crippen molar-refractivity contribution in [2.45, 2.75) is 84.1 Å². The summed E-state index contributed by atoms with van der Waals surface area (Å²) in [5.74, 6) is 1.82. The molecule has 1 rings (SSSR count). The highest BCUT2D eigenvalue weighted by Gasteiger charge is 2.26. The molecular weight excluding hydrogens is 194 g/mol. The third-order valence-electron chi connectivity index (χ3n) is 4.28. The molecule has 0 amide bonds. The van der Waals surface area contributed by atoms with Gasteiger partial charge in [-0.1, -0.05) is 52.4 Å². The van der Waals surface area contributed by atoms with E-state index in [1.807, 2.05) is 0 Å². The smallest absolute Gasteiger partial charge is 0.00673 e. The normalized spacial score (nSPS) is 30.6. The van der Waals surface area contributed by atoms with E-state index in [9.17, 15) is 0 Å². The largest absolute Gasteiger partial charge is 0.327 e. The molecule has 1 fully saturated rings. The minimum atomic E-state index is 0.509. The first-order chi connectivity index (χ1) is 7.77. The van der Waals surface area contributed by atoms with E-state index < -0.39 is 0 Å². The number of rotatable bonds is 7. The zero-order chi connectivity index (χ0) is 11.8. The zero-order valence-electron chi connectivity index (χ0n) is 11.4. The van der Waals surface area contributed by atoms with Crippen molar-refractivity contribution in [3.63, 3.8) is 0 Å². The number of hydrogen-bond acceptors (Lipinski definition) is 1. The standard InChI is InChI=1S/C15H31N/c1-3-5-6-7-9-14-12-13(8-4-2)10-11-15(14)16/h13-15H,3-12,16H2,1-2H3. The van der Waals surface area contributed by atoms with Crippen LogP contribution in [0.4, 0.5) is 0 Å². The fourth-order valence-corrected chi connectivity index (χ4v) is 3.22. The monoisotopic (exact) mass is 225 g/mol. The van der Waals surface area contributed by atoms with Crippen molar-refractivity contribution in [3.8, 4) is 0 Å². The third-order valence-corrected chi connectivity index (χ3v) is 4.28. The average molecular weight is 225 g/mol. The van der Waals surface area contributed by atoms with E-state index in [-0.39, 0.29) is 0 Å². The number of nitrogens with two attached hydrogens (primary N) is 1. The Kier molecular flexibility index (Phi) is 7.11. The van der Waals surface area contributed by atoms with Gasteiger partial charge in [0.1, 0.15) is 0 Å². The van der Waals surface area contributed by atoms with Crippen molar-refractivity contribution in [1.82, 2.24) is 0 Å². The Morgan fingerprint density at radius 3 is 2.44 bits per heavy atom. The average Bonchev–Trinajstić information content (AvgIpc) is 2.29. The highest BCUT2D eigenvalue weighted by molar-refractivity contribution is 4.82. The Balaban J connectivity index is 2.21. The van der Waals surface area contributed by atoms with Crippen LogP contribution in [0.2, 0.25) is 0 Å². The molecule has 3 unspecified atom stereocenters. The highest BCUT2D eigenvalue weighted by atomic mass is 14.7. The van der Waals surface area contributed by atoms with Gasteiger partial charge in [0.05, 0.1) is 0 Å². The molecule has 2 N–H and O–H groups in total. The van der Waals surface area contributed by atoms with Crippen molar-refractivity contribution in [2.24, 2.45) is 17.6 Å². The summed E-state index contributed by atoms with van der Waals surface area (Å²) in [4.78, 5) is 0. The highest BCUT2D eigenvalue weighted by Crippen LogP contribution is 2.34. The molecule has 0 aromatic carbocycles. The molecule has 0 heterocycles. The van der Waals surface area contributed by atoms with Crippen LogP contribution in [0.1, 0.15) is 78.1 Å². The topological polar surface area (TPSA) is 26.0 Å². The van der Waals surface area contributed by atoms with E-state index in [4.69, 9.17) is 5.73 Å². The van der Waals surface area contributed by atoms with E-state index in [1.54, 1.807) is 0 Å². The lowest BCUT2D eigenvalue weighted by Crippen LogP contribution is -2.36. The first-order valence-corrected chi connectivity index (χ1v) is 7.53. The van der Waals surface area contributed by atoms with Crippen LogP contribution < -0.4 is 5.73 Å². The van der Waals surface area contributed by atoms with Gasteiger partial charge < -0.3 is 5.73 Å². The Bertz CT molecular complexity index is 167. The van der Waals surface area contributed by atoms with Gasteiger partial charge in [-0.2, -0.15) is 0 Å². The number of hydrogen-bond donors (Lipinski definition) is 1. The van der Waals surface area contributed by atoms with Gasteiger partial charge in [0.15, 0.2) is 0 Å². The summed E-state index contributed by atoms with van der Waals surface area (Å²) in [5.41, 5.74) is 6.25. The van der Waals surface area contributed by atoms with Gasteiger partial charge in [-0.3, -0.25) is 0 Å². The Labute approximate surface area is 102 Å². The second kappa shape index (κ2) is 8.11. The van der Waals surface area contributed by atoms with E-state index in [2.05, 4.69) is 13.8 Å². The summed E-state index contributed by atoms with van der Waals surface area (Å²) >= 11 is 0. The Morgan fingerprint density at radius 1 is 0.938 bits per heavy atom. The van der Waals surface area contributed by atoms with E-state index >= 15 is 0 Å². The molecule has 96 valence electrons. The van der Waals surface area contributed by atoms with E-state index in [0.29, 0.717) is 6.04 Å². The molecule has 0 spiro atoms. The van der Waals surface area contributed by atoms with Crippen LogP contribution in [0, 0.1) is 11.8 Å². The SMILES string of the molecule is CCCCCCC1CC(CCC)CCC1N. The summed E-state index contributed by atoms with van der Waals surface area (Å²) in [6.07, 6.45) is 13.8. The molecule has 0 radical (unpaired) electrons. The maximum absolute atomic E-state index is 6.25. The predicted octanol–water partition coefficient (Wildman–Crippen LogP) is 4.50. The van der Waals surface area contributed by atoms with Crippen molar-refractivity contribution >= 4 is 0 Å². The van der Waals surface area contributed by atoms with Gasteiger partial charge in [0, 0.05) is 6.04 Å². The minimum Gasteiger partial charge on any atom is -0.327 e. The molecule has 3 atom stereocenters. The van der Waals surface area contributed by atoms with Crippen LogP contribution in [-0.4, -0.2) is 6.04 Å². The maximum Gasteiger partial charge on any atom is 0.00673 e. The fourth-order valence-electron chi connectivity index (χ4n) is 3.22. The lowest BCUT2D eigenvalue weighted by molar-refractivity contribution is 0.208. The predicted molar refractivity (Wildman–Crippen MR) is 72.5 cm³/mol. The molecular formula is C15H31N. The fraction of sp³-hybridized carbons (Fsp3) is 1.00. The summed E-state index contributed by atoms with van der Waals surface area (Å²) in [6, 6.07) is 0.509. The molecule has 0 saturated heterocycles. The summed E-state index contributed by atoms with van der Waals surface area (Å²) < 4.78 is 0. The van der Waals surface area contributed by atoms with Gasteiger partial charge in [-0.05, 0) is 37.5 Å².